The molecule has 0 atom stereocenters. The molecule has 0 unspecified atom stereocenters. The van der Waals surface area contributed by atoms with Crippen molar-refractivity contribution in [3.63, 3.8) is 0 Å². The number of furan rings is 1. The van der Waals surface area contributed by atoms with Crippen LogP contribution in [0.15, 0.2) is 77.2 Å². The molecule has 1 N–H and O–H groups in total. The maximum atomic E-state index is 6.38. The summed E-state index contributed by atoms with van der Waals surface area (Å²) in [5, 5.41) is 4.90. The first kappa shape index (κ1) is 15.4. The Kier molecular flexibility index (Phi) is 2.60. The highest BCUT2D eigenvalue weighted by atomic mass is 16.3. The van der Waals surface area contributed by atoms with Crippen LogP contribution in [0.4, 0.5) is 0 Å². The molecular weight excluding hydrogens is 354 g/mol. The van der Waals surface area contributed by atoms with Gasteiger partial charge >= 0.3 is 0 Å². The van der Waals surface area contributed by atoms with E-state index in [1.807, 2.05) is 0 Å². The quantitative estimate of drug-likeness (QED) is 0.293. The lowest BCUT2D eigenvalue weighted by Gasteiger charge is -2.21. The van der Waals surface area contributed by atoms with Gasteiger partial charge in [-0.3, -0.25) is 0 Å². The van der Waals surface area contributed by atoms with Crippen LogP contribution in [0, 0.1) is 0 Å². The average molecular weight is 373 g/mol. The Morgan fingerprint density at radius 2 is 1.48 bits per heavy atom. The first-order valence-electron chi connectivity index (χ1n) is 10.1. The summed E-state index contributed by atoms with van der Waals surface area (Å²) in [6.45, 7) is 4.62. The minimum atomic E-state index is -0.0187. The van der Waals surface area contributed by atoms with E-state index in [-0.39, 0.29) is 5.41 Å². The molecule has 0 spiro atoms. The van der Waals surface area contributed by atoms with E-state index in [0.717, 1.165) is 22.2 Å². The van der Waals surface area contributed by atoms with Crippen LogP contribution in [-0.2, 0) is 5.41 Å². The number of hydrogen-bond donors (Lipinski definition) is 1. The lowest BCUT2D eigenvalue weighted by Crippen LogP contribution is -2.14. The van der Waals surface area contributed by atoms with Gasteiger partial charge in [-0.15, -0.1) is 0 Å². The summed E-state index contributed by atoms with van der Waals surface area (Å²) < 4.78 is 6.38. The number of H-pyrrole nitrogens is 1. The molecule has 0 amide bonds. The molecule has 0 radical (unpaired) electrons. The first-order valence-corrected chi connectivity index (χ1v) is 10.1. The highest BCUT2D eigenvalue weighted by Crippen LogP contribution is 2.51. The topological polar surface area (TPSA) is 28.9 Å². The van der Waals surface area contributed by atoms with Crippen LogP contribution in [0.5, 0.6) is 0 Å². The van der Waals surface area contributed by atoms with Crippen molar-refractivity contribution in [1.82, 2.24) is 4.98 Å². The number of aromatic nitrogens is 1. The Labute approximate surface area is 167 Å². The van der Waals surface area contributed by atoms with E-state index in [4.69, 9.17) is 4.42 Å². The molecule has 2 aromatic heterocycles. The van der Waals surface area contributed by atoms with Crippen LogP contribution in [0.1, 0.15) is 25.0 Å². The molecule has 0 fully saturated rings. The summed E-state index contributed by atoms with van der Waals surface area (Å²) in [5.41, 5.74) is 9.64. The first-order chi connectivity index (χ1) is 14.1. The van der Waals surface area contributed by atoms with E-state index in [1.165, 1.54) is 43.8 Å². The normalized spacial score (nSPS) is 14.8. The molecule has 4 aromatic carbocycles. The van der Waals surface area contributed by atoms with Crippen molar-refractivity contribution in [3.05, 3.63) is 83.9 Å². The maximum absolute atomic E-state index is 6.38. The van der Waals surface area contributed by atoms with Crippen LogP contribution in [-0.4, -0.2) is 4.98 Å². The monoisotopic (exact) mass is 373 g/mol. The number of aromatic amines is 1. The van der Waals surface area contributed by atoms with Crippen molar-refractivity contribution >= 4 is 43.7 Å². The number of benzene rings is 4. The van der Waals surface area contributed by atoms with Crippen molar-refractivity contribution in [2.75, 3.05) is 0 Å². The zero-order chi connectivity index (χ0) is 19.3. The van der Waals surface area contributed by atoms with Gasteiger partial charge in [-0.2, -0.15) is 0 Å². The molecule has 7 rings (SSSR count). The number of hydrogen-bond acceptors (Lipinski definition) is 1. The summed E-state index contributed by atoms with van der Waals surface area (Å²) in [5.74, 6) is 0. The summed E-state index contributed by atoms with van der Waals surface area (Å²) in [4.78, 5) is 3.56. The van der Waals surface area contributed by atoms with Crippen LogP contribution in [0.2, 0.25) is 0 Å². The van der Waals surface area contributed by atoms with Gasteiger partial charge in [0.2, 0.25) is 0 Å². The Balaban J connectivity index is 1.69. The van der Waals surface area contributed by atoms with Gasteiger partial charge in [0.05, 0.1) is 0 Å². The Morgan fingerprint density at radius 1 is 0.655 bits per heavy atom. The number of para-hydroxylation sites is 1. The standard InChI is InChI=1S/C27H19NO/c1-27(2)19-9-5-3-7-15(19)17-13-18-24(14-20(17)27)29-23-12-11-22-25(26(18)23)16-8-4-6-10-21(16)28-22/h3-14,28H,1-2H3. The molecule has 1 aliphatic rings. The molecule has 138 valence electrons. The predicted molar refractivity (Wildman–Crippen MR) is 121 cm³/mol. The van der Waals surface area contributed by atoms with Crippen LogP contribution in [0.25, 0.3) is 54.9 Å². The zero-order valence-corrected chi connectivity index (χ0v) is 16.3. The maximum Gasteiger partial charge on any atom is 0.136 e. The van der Waals surface area contributed by atoms with Gasteiger partial charge in [-0.1, -0.05) is 56.3 Å². The molecule has 29 heavy (non-hydrogen) atoms. The largest absolute Gasteiger partial charge is 0.456 e. The van der Waals surface area contributed by atoms with Gasteiger partial charge in [0.25, 0.3) is 0 Å². The molecule has 1 aliphatic carbocycles. The minimum Gasteiger partial charge on any atom is -0.456 e. The molecule has 6 aromatic rings. The lowest BCUT2D eigenvalue weighted by molar-refractivity contribution is 0.647. The fraction of sp³-hybridized carbons (Fsp3) is 0.111. The van der Waals surface area contributed by atoms with Gasteiger partial charge in [0.15, 0.2) is 0 Å². The van der Waals surface area contributed by atoms with Crippen molar-refractivity contribution in [3.8, 4) is 11.1 Å². The zero-order valence-electron chi connectivity index (χ0n) is 16.3. The van der Waals surface area contributed by atoms with E-state index in [1.54, 1.807) is 0 Å². The van der Waals surface area contributed by atoms with Gasteiger partial charge in [-0.05, 0) is 52.6 Å². The Hall–Kier alpha value is -3.52. The molecular formula is C27H19NO. The van der Waals surface area contributed by atoms with E-state index >= 15 is 0 Å². The summed E-state index contributed by atoms with van der Waals surface area (Å²) in [7, 11) is 0. The van der Waals surface area contributed by atoms with Crippen LogP contribution < -0.4 is 0 Å². The Morgan fingerprint density at radius 3 is 2.41 bits per heavy atom. The van der Waals surface area contributed by atoms with Gasteiger partial charge in [0, 0.05) is 38.0 Å². The van der Waals surface area contributed by atoms with Crippen molar-refractivity contribution < 1.29 is 4.42 Å². The second-order valence-corrected chi connectivity index (χ2v) is 8.70. The number of rotatable bonds is 0. The van der Waals surface area contributed by atoms with E-state index in [2.05, 4.69) is 91.6 Å². The lowest BCUT2D eigenvalue weighted by atomic mass is 9.82. The average Bonchev–Trinajstić information content (AvgIpc) is 3.35. The fourth-order valence-electron chi connectivity index (χ4n) is 5.40. The van der Waals surface area contributed by atoms with Gasteiger partial charge in [-0.25, -0.2) is 0 Å². The van der Waals surface area contributed by atoms with Crippen molar-refractivity contribution in [2.45, 2.75) is 19.3 Å². The van der Waals surface area contributed by atoms with Gasteiger partial charge in [0.1, 0.15) is 11.2 Å². The molecule has 0 bridgehead atoms. The second-order valence-electron chi connectivity index (χ2n) is 8.70. The fourth-order valence-corrected chi connectivity index (χ4v) is 5.40. The van der Waals surface area contributed by atoms with E-state index in [9.17, 15) is 0 Å². The summed E-state index contributed by atoms with van der Waals surface area (Å²) >= 11 is 0. The third kappa shape index (κ3) is 1.78. The Bertz CT molecular complexity index is 1630. The van der Waals surface area contributed by atoms with Crippen LogP contribution in [0.3, 0.4) is 0 Å². The highest BCUT2D eigenvalue weighted by Gasteiger charge is 2.36. The number of fused-ring (bicyclic) bond motifs is 10. The number of nitrogens with one attached hydrogen (secondary N) is 1. The molecule has 2 heterocycles. The SMILES string of the molecule is CC1(C)c2ccccc2-c2cc3c(cc21)oc1ccc2[nH]c4ccccc4c2c13. The third-order valence-electron chi connectivity index (χ3n) is 6.81. The molecule has 2 heteroatoms. The van der Waals surface area contributed by atoms with Crippen molar-refractivity contribution in [1.29, 1.82) is 0 Å². The summed E-state index contributed by atoms with van der Waals surface area (Å²) in [6, 6.07) is 26.1. The van der Waals surface area contributed by atoms with E-state index in [0.29, 0.717) is 0 Å². The summed E-state index contributed by atoms with van der Waals surface area (Å²) in [6.07, 6.45) is 0. The second kappa shape index (κ2) is 4.90. The van der Waals surface area contributed by atoms with Crippen molar-refractivity contribution in [2.24, 2.45) is 0 Å². The highest BCUT2D eigenvalue weighted by molar-refractivity contribution is 6.27. The third-order valence-corrected chi connectivity index (χ3v) is 6.81. The molecule has 0 aliphatic heterocycles. The van der Waals surface area contributed by atoms with Gasteiger partial charge < -0.3 is 9.40 Å². The molecule has 0 saturated heterocycles. The smallest absolute Gasteiger partial charge is 0.136 e. The predicted octanol–water partition coefficient (Wildman–Crippen LogP) is 7.53. The molecule has 2 nitrogen and oxygen atoms in total. The van der Waals surface area contributed by atoms with Crippen LogP contribution >= 0.6 is 0 Å². The molecule has 0 saturated carbocycles. The van der Waals surface area contributed by atoms with E-state index < -0.39 is 0 Å². The minimum absolute atomic E-state index is 0.0187.